The summed E-state index contributed by atoms with van der Waals surface area (Å²) in [5.41, 5.74) is 0.893. The highest BCUT2D eigenvalue weighted by Crippen LogP contribution is 2.14. The number of halogens is 1. The van der Waals surface area contributed by atoms with E-state index in [1.54, 1.807) is 17.0 Å². The Hall–Kier alpha value is -1.75. The van der Waals surface area contributed by atoms with Gasteiger partial charge in [-0.2, -0.15) is 0 Å². The van der Waals surface area contributed by atoms with E-state index in [1.807, 2.05) is 26.0 Å². The molecule has 1 unspecified atom stereocenters. The zero-order valence-corrected chi connectivity index (χ0v) is 12.9. The Bertz CT molecular complexity index is 516. The highest BCUT2D eigenvalue weighted by atomic mass is 35.5. The Balaban J connectivity index is 1.77. The van der Waals surface area contributed by atoms with Crippen molar-refractivity contribution in [1.82, 2.24) is 10.2 Å². The Morgan fingerprint density at radius 2 is 2.10 bits per heavy atom. The molecule has 1 N–H and O–H groups in total. The normalized spacial score (nSPS) is 18.0. The molecule has 1 aromatic rings. The summed E-state index contributed by atoms with van der Waals surface area (Å²) >= 11 is 5.79. The van der Waals surface area contributed by atoms with Crippen LogP contribution in [0.1, 0.15) is 19.4 Å². The molecule has 1 heterocycles. The smallest absolute Gasteiger partial charge is 0.410 e. The number of nitrogens with one attached hydrogen (secondary N) is 1. The van der Waals surface area contributed by atoms with Gasteiger partial charge >= 0.3 is 6.09 Å². The summed E-state index contributed by atoms with van der Waals surface area (Å²) in [6.45, 7) is 4.71. The average Bonchev–Trinajstić information content (AvgIpc) is 2.81. The van der Waals surface area contributed by atoms with Crippen molar-refractivity contribution in [1.29, 1.82) is 0 Å². The molecule has 21 heavy (non-hydrogen) atoms. The number of ether oxygens (including phenoxy) is 1. The predicted octanol–water partition coefficient (Wildman–Crippen LogP) is 2.23. The quantitative estimate of drug-likeness (QED) is 0.907. The van der Waals surface area contributed by atoms with E-state index in [2.05, 4.69) is 5.32 Å². The molecule has 1 aliphatic rings. The average molecular weight is 311 g/mol. The minimum absolute atomic E-state index is 0.101. The number of carbonyl (C=O) groups is 2. The number of amides is 2. The molecule has 0 radical (unpaired) electrons. The lowest BCUT2D eigenvalue weighted by Crippen LogP contribution is -2.36. The summed E-state index contributed by atoms with van der Waals surface area (Å²) in [6.07, 6.45) is -0.317. The maximum atomic E-state index is 11.9. The Morgan fingerprint density at radius 3 is 2.67 bits per heavy atom. The third-order valence-electron chi connectivity index (χ3n) is 3.33. The maximum absolute atomic E-state index is 11.9. The van der Waals surface area contributed by atoms with Crippen molar-refractivity contribution in [2.45, 2.75) is 32.4 Å². The van der Waals surface area contributed by atoms with Crippen LogP contribution in [-0.2, 0) is 16.0 Å². The maximum Gasteiger partial charge on any atom is 0.410 e. The number of cyclic esters (lactones) is 1. The molecule has 0 aliphatic carbocycles. The van der Waals surface area contributed by atoms with E-state index in [0.717, 1.165) is 5.56 Å². The summed E-state index contributed by atoms with van der Waals surface area (Å²) < 4.78 is 5.21. The molecule has 2 amide bonds. The Morgan fingerprint density at radius 1 is 1.43 bits per heavy atom. The van der Waals surface area contributed by atoms with E-state index in [-0.39, 0.29) is 30.6 Å². The fraction of sp³-hybridized carbons (Fsp3) is 0.467. The molecule has 114 valence electrons. The number of hydrogen-bond donors (Lipinski definition) is 1. The number of rotatable bonds is 5. The molecule has 2 rings (SSSR count). The molecular weight excluding hydrogens is 292 g/mol. The van der Waals surface area contributed by atoms with Gasteiger partial charge in [0.15, 0.2) is 0 Å². The summed E-state index contributed by atoms with van der Waals surface area (Å²) in [4.78, 5) is 25.1. The molecule has 1 atom stereocenters. The second-order valence-electron chi connectivity index (χ2n) is 5.36. The monoisotopic (exact) mass is 310 g/mol. The summed E-state index contributed by atoms with van der Waals surface area (Å²) in [5, 5.41) is 3.44. The summed E-state index contributed by atoms with van der Waals surface area (Å²) in [6, 6.07) is 7.25. The first kappa shape index (κ1) is 15.6. The van der Waals surface area contributed by atoms with Crippen molar-refractivity contribution in [2.75, 3.05) is 13.1 Å². The first-order valence-corrected chi connectivity index (χ1v) is 7.32. The highest BCUT2D eigenvalue weighted by Gasteiger charge is 2.32. The molecule has 1 saturated heterocycles. The van der Waals surface area contributed by atoms with Crippen LogP contribution in [-0.4, -0.2) is 42.1 Å². The molecule has 1 aliphatic heterocycles. The molecule has 0 saturated carbocycles. The molecule has 5 nitrogen and oxygen atoms in total. The van der Waals surface area contributed by atoms with Crippen molar-refractivity contribution < 1.29 is 14.3 Å². The SMILES string of the molecule is CC(C)N1CC(CNC(=O)Cc2ccc(Cl)cc2)OC1=O. The summed E-state index contributed by atoms with van der Waals surface area (Å²) in [7, 11) is 0. The van der Waals surface area contributed by atoms with Crippen molar-refractivity contribution >= 4 is 23.6 Å². The first-order valence-electron chi connectivity index (χ1n) is 6.94. The topological polar surface area (TPSA) is 58.6 Å². The van der Waals surface area contributed by atoms with Crippen LogP contribution in [0.2, 0.25) is 5.02 Å². The van der Waals surface area contributed by atoms with Gasteiger partial charge in [-0.3, -0.25) is 4.79 Å². The van der Waals surface area contributed by atoms with Crippen LogP contribution < -0.4 is 5.32 Å². The van der Waals surface area contributed by atoms with E-state index in [1.165, 1.54) is 0 Å². The molecule has 0 spiro atoms. The third kappa shape index (κ3) is 4.36. The van der Waals surface area contributed by atoms with Crippen LogP contribution in [0.25, 0.3) is 0 Å². The standard InChI is InChI=1S/C15H19ClN2O3/c1-10(2)18-9-13(21-15(18)20)8-17-14(19)7-11-3-5-12(16)6-4-11/h3-6,10,13H,7-9H2,1-2H3,(H,17,19). The molecule has 0 aromatic heterocycles. The van der Waals surface area contributed by atoms with Gasteiger partial charge in [0.1, 0.15) is 6.10 Å². The van der Waals surface area contributed by atoms with Crippen LogP contribution in [0.4, 0.5) is 4.79 Å². The van der Waals surface area contributed by atoms with Gasteiger partial charge in [-0.15, -0.1) is 0 Å². The predicted molar refractivity (Wildman–Crippen MR) is 80.3 cm³/mol. The van der Waals surface area contributed by atoms with E-state index >= 15 is 0 Å². The van der Waals surface area contributed by atoms with Gasteiger partial charge in [-0.1, -0.05) is 23.7 Å². The van der Waals surface area contributed by atoms with Crippen LogP contribution in [0, 0.1) is 0 Å². The zero-order valence-electron chi connectivity index (χ0n) is 12.1. The van der Waals surface area contributed by atoms with Crippen molar-refractivity contribution in [3.8, 4) is 0 Å². The largest absolute Gasteiger partial charge is 0.442 e. The van der Waals surface area contributed by atoms with E-state index < -0.39 is 0 Å². The lowest BCUT2D eigenvalue weighted by atomic mass is 10.1. The van der Waals surface area contributed by atoms with Crippen LogP contribution >= 0.6 is 11.6 Å². The number of hydrogen-bond acceptors (Lipinski definition) is 3. The van der Waals surface area contributed by atoms with E-state index in [0.29, 0.717) is 18.1 Å². The molecule has 0 bridgehead atoms. The lowest BCUT2D eigenvalue weighted by Gasteiger charge is -2.16. The van der Waals surface area contributed by atoms with E-state index in [9.17, 15) is 9.59 Å². The minimum atomic E-state index is -0.318. The minimum Gasteiger partial charge on any atom is -0.442 e. The fourth-order valence-electron chi connectivity index (χ4n) is 2.15. The van der Waals surface area contributed by atoms with Gasteiger partial charge in [-0.25, -0.2) is 4.79 Å². The molecule has 1 aromatic carbocycles. The second kappa shape index (κ2) is 6.80. The van der Waals surface area contributed by atoms with Crippen LogP contribution in [0.5, 0.6) is 0 Å². The Labute approximate surface area is 129 Å². The van der Waals surface area contributed by atoms with Gasteiger partial charge in [-0.05, 0) is 31.5 Å². The number of carbonyl (C=O) groups excluding carboxylic acids is 2. The van der Waals surface area contributed by atoms with Crippen LogP contribution in [0.15, 0.2) is 24.3 Å². The fourth-order valence-corrected chi connectivity index (χ4v) is 2.27. The van der Waals surface area contributed by atoms with Gasteiger partial charge in [0, 0.05) is 11.1 Å². The number of nitrogens with zero attached hydrogens (tertiary/aromatic N) is 1. The zero-order chi connectivity index (χ0) is 15.4. The van der Waals surface area contributed by atoms with Crippen LogP contribution in [0.3, 0.4) is 0 Å². The van der Waals surface area contributed by atoms with Gasteiger partial charge in [0.05, 0.1) is 19.5 Å². The second-order valence-corrected chi connectivity index (χ2v) is 5.80. The molecule has 1 fully saturated rings. The number of benzene rings is 1. The molecular formula is C15H19ClN2O3. The van der Waals surface area contributed by atoms with Gasteiger partial charge in [0.25, 0.3) is 0 Å². The third-order valence-corrected chi connectivity index (χ3v) is 3.58. The first-order chi connectivity index (χ1) is 9.95. The lowest BCUT2D eigenvalue weighted by molar-refractivity contribution is -0.120. The van der Waals surface area contributed by atoms with Gasteiger partial charge < -0.3 is 15.0 Å². The van der Waals surface area contributed by atoms with Crippen molar-refractivity contribution in [3.63, 3.8) is 0 Å². The van der Waals surface area contributed by atoms with Crippen molar-refractivity contribution in [2.24, 2.45) is 0 Å². The highest BCUT2D eigenvalue weighted by molar-refractivity contribution is 6.30. The molecule has 6 heteroatoms. The van der Waals surface area contributed by atoms with Crippen molar-refractivity contribution in [3.05, 3.63) is 34.9 Å². The van der Waals surface area contributed by atoms with Gasteiger partial charge in [0.2, 0.25) is 5.91 Å². The summed E-state index contributed by atoms with van der Waals surface area (Å²) in [5.74, 6) is -0.101. The van der Waals surface area contributed by atoms with E-state index in [4.69, 9.17) is 16.3 Å². The Kier molecular flexibility index (Phi) is 5.07.